The molecule has 0 N–H and O–H groups in total. The maximum absolute atomic E-state index is 3.69. The number of unbranched alkanes of at least 4 members (excludes halogenated alkanes) is 18. The third-order valence-electron chi connectivity index (χ3n) is 13.7. The summed E-state index contributed by atoms with van der Waals surface area (Å²) < 4.78 is 0. The van der Waals surface area contributed by atoms with Crippen molar-refractivity contribution in [1.82, 2.24) is 0 Å². The summed E-state index contributed by atoms with van der Waals surface area (Å²) in [6, 6.07) is 44.7. The van der Waals surface area contributed by atoms with Crippen LogP contribution in [0, 0.1) is 23.7 Å². The Morgan fingerprint density at radius 2 is 0.561 bits per heavy atom. The van der Waals surface area contributed by atoms with E-state index in [1.165, 1.54) is 192 Å². The highest BCUT2D eigenvalue weighted by atomic mass is 32.1. The molecule has 0 fully saturated rings. The van der Waals surface area contributed by atoms with Crippen LogP contribution >= 0.6 is 22.7 Å². The third kappa shape index (κ3) is 12.3. The van der Waals surface area contributed by atoms with Gasteiger partial charge in [0.15, 0.2) is 0 Å². The van der Waals surface area contributed by atoms with Crippen LogP contribution < -0.4 is 0 Å². The monoisotopic (exact) mass is 902 g/mol. The molecule has 0 radical (unpaired) electrons. The predicted molar refractivity (Wildman–Crippen MR) is 294 cm³/mol. The molecule has 0 saturated heterocycles. The summed E-state index contributed by atoms with van der Waals surface area (Å²) in [6.07, 6.45) is 29.4. The van der Waals surface area contributed by atoms with Gasteiger partial charge in [-0.15, -0.1) is 22.7 Å². The van der Waals surface area contributed by atoms with E-state index in [9.17, 15) is 0 Å². The second kappa shape index (κ2) is 25.1. The van der Waals surface area contributed by atoms with Crippen LogP contribution in [-0.2, 0) is 12.8 Å². The van der Waals surface area contributed by atoms with Gasteiger partial charge in [0, 0.05) is 20.9 Å². The number of hydrogen-bond acceptors (Lipinski definition) is 2. The van der Waals surface area contributed by atoms with Crippen LogP contribution in [0.1, 0.15) is 174 Å². The molecule has 0 aliphatic heterocycles. The summed E-state index contributed by atoms with van der Waals surface area (Å²) in [5, 5.41) is 10.5. The Hall–Kier alpha value is -5.12. The Labute approximate surface area is 405 Å². The second-order valence-electron chi connectivity index (χ2n) is 18.6. The first-order valence-corrected chi connectivity index (χ1v) is 27.5. The van der Waals surface area contributed by atoms with Crippen molar-refractivity contribution in [3.05, 3.63) is 153 Å². The summed E-state index contributed by atoms with van der Waals surface area (Å²) in [4.78, 5) is 4.66. The molecule has 0 atom stereocenters. The zero-order valence-corrected chi connectivity index (χ0v) is 41.6. The number of thiophene rings is 2. The lowest BCUT2D eigenvalue weighted by Crippen LogP contribution is -1.94. The Bertz CT molecular complexity index is 2620. The van der Waals surface area contributed by atoms with Gasteiger partial charge in [0.1, 0.15) is 0 Å². The van der Waals surface area contributed by atoms with Gasteiger partial charge in [-0.25, -0.2) is 0 Å². The highest BCUT2D eigenvalue weighted by Crippen LogP contribution is 2.37. The van der Waals surface area contributed by atoms with E-state index in [4.69, 9.17) is 0 Å². The van der Waals surface area contributed by atoms with Crippen molar-refractivity contribution in [2.24, 2.45) is 0 Å². The minimum Gasteiger partial charge on any atom is -0.126 e. The molecule has 0 spiro atoms. The molecule has 0 nitrogen and oxygen atoms in total. The smallest absolute Gasteiger partial charge is 0.0779 e. The molecule has 2 aromatic heterocycles. The zero-order valence-electron chi connectivity index (χ0n) is 39.9. The topological polar surface area (TPSA) is 0 Å². The number of hydrogen-bond donors (Lipinski definition) is 0. The van der Waals surface area contributed by atoms with E-state index in [-0.39, 0.29) is 0 Å². The van der Waals surface area contributed by atoms with Crippen LogP contribution in [0.3, 0.4) is 0 Å². The first kappa shape index (κ1) is 47.4. The second-order valence-corrected chi connectivity index (χ2v) is 20.7. The van der Waals surface area contributed by atoms with Crippen molar-refractivity contribution in [3.63, 3.8) is 0 Å². The van der Waals surface area contributed by atoms with Crippen molar-refractivity contribution in [2.75, 3.05) is 0 Å². The third-order valence-corrected chi connectivity index (χ3v) is 15.9. The van der Waals surface area contributed by atoms with Gasteiger partial charge in [-0.05, 0) is 104 Å². The molecule has 0 unspecified atom stereocenters. The van der Waals surface area contributed by atoms with Crippen LogP contribution in [-0.4, -0.2) is 0 Å². The summed E-state index contributed by atoms with van der Waals surface area (Å²) in [7, 11) is 0. The van der Waals surface area contributed by atoms with Crippen molar-refractivity contribution in [2.45, 2.75) is 155 Å². The standard InChI is InChI=1S/C64H70S2/c1-3-5-7-9-11-13-15-17-19-21-31-51-53-33-23-27-37-57(53)61(58-38-28-24-34-54(51)58)45-41-49-43-47-63(65-49)64-48-44-50(66-64)42-46-62-59-39-29-25-35-55(59)52(56-36-26-30-40-60(56)62)32-22-20-18-16-14-12-10-8-6-4-2/h23-30,33-40,43-44,47-48H,3-22,31-32H2,1-2H3. The summed E-state index contributed by atoms with van der Waals surface area (Å²) in [5.41, 5.74) is 5.26. The van der Waals surface area contributed by atoms with Gasteiger partial charge >= 0.3 is 0 Å². The zero-order chi connectivity index (χ0) is 45.2. The molecule has 0 amide bonds. The minimum absolute atomic E-state index is 1.09. The van der Waals surface area contributed by atoms with E-state index in [1.54, 1.807) is 22.7 Å². The average Bonchev–Trinajstić information content (AvgIpc) is 4.04. The molecule has 66 heavy (non-hydrogen) atoms. The van der Waals surface area contributed by atoms with Gasteiger partial charge in [-0.1, -0.05) is 250 Å². The molecule has 0 aliphatic rings. The quantitative estimate of drug-likeness (QED) is 0.0341. The molecule has 6 aromatic carbocycles. The molecular weight excluding hydrogens is 833 g/mol. The molecule has 8 rings (SSSR count). The molecule has 0 bridgehead atoms. The summed E-state index contributed by atoms with van der Waals surface area (Å²) in [6.45, 7) is 4.60. The van der Waals surface area contributed by atoms with Gasteiger partial charge in [-0.2, -0.15) is 0 Å². The lowest BCUT2D eigenvalue weighted by Gasteiger charge is -2.14. The number of benzene rings is 6. The molecule has 0 saturated carbocycles. The fourth-order valence-electron chi connectivity index (χ4n) is 10.1. The lowest BCUT2D eigenvalue weighted by molar-refractivity contribution is 0.557. The van der Waals surface area contributed by atoms with Crippen LogP contribution in [0.4, 0.5) is 0 Å². The van der Waals surface area contributed by atoms with Gasteiger partial charge in [0.2, 0.25) is 0 Å². The first-order valence-electron chi connectivity index (χ1n) is 25.8. The SMILES string of the molecule is CCCCCCCCCCCCc1c2ccccc2c(C#Cc2ccc(-c3ccc(C#Cc4c5ccccc5c(CCCCCCCCCCCC)c5ccccc45)s3)s2)c2ccccc12. The molecule has 0 aliphatic carbocycles. The number of aryl methyl sites for hydroxylation is 2. The largest absolute Gasteiger partial charge is 0.126 e. The minimum atomic E-state index is 1.09. The molecule has 8 aromatic rings. The maximum atomic E-state index is 3.69. The van der Waals surface area contributed by atoms with E-state index < -0.39 is 0 Å². The van der Waals surface area contributed by atoms with Gasteiger partial charge in [0.25, 0.3) is 0 Å². The Kier molecular flexibility index (Phi) is 18.0. The number of rotatable bonds is 23. The molecule has 2 heteroatoms. The Balaban J connectivity index is 0.954. The van der Waals surface area contributed by atoms with Crippen LogP contribution in [0.25, 0.3) is 52.8 Å². The highest BCUT2D eigenvalue weighted by molar-refractivity contribution is 7.22. The van der Waals surface area contributed by atoms with Crippen molar-refractivity contribution >= 4 is 65.8 Å². The lowest BCUT2D eigenvalue weighted by atomic mass is 9.89. The first-order chi connectivity index (χ1) is 32.7. The van der Waals surface area contributed by atoms with Crippen LogP contribution in [0.5, 0.6) is 0 Å². The van der Waals surface area contributed by atoms with E-state index in [0.717, 1.165) is 33.7 Å². The van der Waals surface area contributed by atoms with Crippen molar-refractivity contribution in [1.29, 1.82) is 0 Å². The maximum Gasteiger partial charge on any atom is 0.0779 e. The highest BCUT2D eigenvalue weighted by Gasteiger charge is 2.15. The summed E-state index contributed by atoms with van der Waals surface area (Å²) >= 11 is 3.56. The predicted octanol–water partition coefficient (Wildman–Crippen LogP) is 19.8. The van der Waals surface area contributed by atoms with Gasteiger partial charge < -0.3 is 0 Å². The van der Waals surface area contributed by atoms with E-state index in [1.807, 2.05) is 0 Å². The van der Waals surface area contributed by atoms with Crippen molar-refractivity contribution < 1.29 is 0 Å². The average molecular weight is 903 g/mol. The molecule has 338 valence electrons. The fourth-order valence-corrected chi connectivity index (χ4v) is 12.0. The normalized spacial score (nSPS) is 11.4. The molecule has 2 heterocycles. The van der Waals surface area contributed by atoms with Gasteiger partial charge in [-0.3, -0.25) is 0 Å². The Morgan fingerprint density at radius 3 is 0.864 bits per heavy atom. The molecular formula is C64H70S2. The van der Waals surface area contributed by atoms with Crippen LogP contribution in [0.2, 0.25) is 0 Å². The fraction of sp³-hybridized carbons (Fsp3) is 0.375. The van der Waals surface area contributed by atoms with E-state index in [2.05, 4.69) is 159 Å². The summed E-state index contributed by atoms with van der Waals surface area (Å²) in [5.74, 6) is 14.6. The van der Waals surface area contributed by atoms with E-state index >= 15 is 0 Å². The van der Waals surface area contributed by atoms with E-state index in [0.29, 0.717) is 0 Å². The van der Waals surface area contributed by atoms with Crippen molar-refractivity contribution in [3.8, 4) is 33.4 Å². The van der Waals surface area contributed by atoms with Gasteiger partial charge in [0.05, 0.1) is 9.75 Å². The van der Waals surface area contributed by atoms with Crippen LogP contribution in [0.15, 0.2) is 121 Å². The Morgan fingerprint density at radius 1 is 0.288 bits per heavy atom. The number of fused-ring (bicyclic) bond motifs is 4.